The Morgan fingerprint density at radius 1 is 0.900 bits per heavy atom. The molecular formula is C26H44O4. The van der Waals surface area contributed by atoms with E-state index in [1.54, 1.807) is 0 Å². The van der Waals surface area contributed by atoms with E-state index in [2.05, 4.69) is 34.6 Å². The minimum absolute atomic E-state index is 0.0889. The van der Waals surface area contributed by atoms with Crippen molar-refractivity contribution in [3.63, 3.8) is 0 Å². The van der Waals surface area contributed by atoms with Crippen LogP contribution in [0.1, 0.15) is 98.8 Å². The molecule has 172 valence electrons. The summed E-state index contributed by atoms with van der Waals surface area (Å²) in [5, 5.41) is 31.1. The Kier molecular flexibility index (Phi) is 5.42. The van der Waals surface area contributed by atoms with E-state index in [0.29, 0.717) is 17.8 Å². The molecule has 0 amide bonds. The third kappa shape index (κ3) is 2.88. The Morgan fingerprint density at radius 2 is 1.50 bits per heavy atom. The molecule has 4 aliphatic carbocycles. The van der Waals surface area contributed by atoms with Gasteiger partial charge in [0.2, 0.25) is 0 Å². The van der Waals surface area contributed by atoms with E-state index in [0.717, 1.165) is 51.4 Å². The van der Waals surface area contributed by atoms with Gasteiger partial charge in [0.05, 0.1) is 12.2 Å². The van der Waals surface area contributed by atoms with Crippen LogP contribution in [0.4, 0.5) is 0 Å². The first-order valence-corrected chi connectivity index (χ1v) is 12.5. The van der Waals surface area contributed by atoms with Crippen molar-refractivity contribution in [2.24, 2.45) is 45.3 Å². The molecule has 0 spiro atoms. The van der Waals surface area contributed by atoms with Crippen molar-refractivity contribution >= 4 is 5.97 Å². The lowest BCUT2D eigenvalue weighted by Crippen LogP contribution is -2.67. The fraction of sp³-hybridized carbons (Fsp3) is 0.962. The maximum absolute atomic E-state index is 11.6. The Hall–Kier alpha value is -0.610. The van der Waals surface area contributed by atoms with E-state index < -0.39 is 5.97 Å². The van der Waals surface area contributed by atoms with Gasteiger partial charge in [0.1, 0.15) is 0 Å². The summed E-state index contributed by atoms with van der Waals surface area (Å²) in [6, 6.07) is 0. The highest BCUT2D eigenvalue weighted by Crippen LogP contribution is 2.77. The monoisotopic (exact) mass is 420 g/mol. The first-order chi connectivity index (χ1) is 13.9. The molecule has 4 saturated carbocycles. The number of aliphatic hydroxyl groups is 2. The molecule has 4 heteroatoms. The van der Waals surface area contributed by atoms with Crippen LogP contribution >= 0.6 is 0 Å². The second kappa shape index (κ2) is 7.20. The van der Waals surface area contributed by atoms with Crippen LogP contribution in [0, 0.1) is 45.3 Å². The summed E-state index contributed by atoms with van der Waals surface area (Å²) in [4.78, 5) is 11.2. The van der Waals surface area contributed by atoms with Crippen LogP contribution in [0.5, 0.6) is 0 Å². The van der Waals surface area contributed by atoms with Crippen molar-refractivity contribution < 1.29 is 20.1 Å². The van der Waals surface area contributed by atoms with E-state index in [1.807, 2.05) is 0 Å². The van der Waals surface area contributed by atoms with Gasteiger partial charge in [0.25, 0.3) is 0 Å². The maximum Gasteiger partial charge on any atom is 0.303 e. The predicted octanol–water partition coefficient (Wildman–Crippen LogP) is 5.26. The first-order valence-electron chi connectivity index (χ1n) is 12.5. The average Bonchev–Trinajstić information content (AvgIpc) is 2.93. The molecule has 0 unspecified atom stereocenters. The Morgan fingerprint density at radius 3 is 2.17 bits per heavy atom. The number of carboxylic acid groups (broad SMARTS) is 1. The van der Waals surface area contributed by atoms with Gasteiger partial charge in [-0.3, -0.25) is 4.79 Å². The van der Waals surface area contributed by atoms with Crippen LogP contribution in [0.2, 0.25) is 0 Å². The number of aliphatic carboxylic acids is 1. The number of hydrogen-bond donors (Lipinski definition) is 3. The lowest BCUT2D eigenvalue weighted by Gasteiger charge is -2.71. The van der Waals surface area contributed by atoms with Crippen LogP contribution in [-0.2, 0) is 4.79 Å². The highest BCUT2D eigenvalue weighted by molar-refractivity contribution is 5.66. The molecule has 0 saturated heterocycles. The highest BCUT2D eigenvalue weighted by Gasteiger charge is 2.71. The van der Waals surface area contributed by atoms with E-state index >= 15 is 0 Å². The molecule has 0 aliphatic heterocycles. The first kappa shape index (κ1) is 22.6. The minimum atomic E-state index is -0.690. The van der Waals surface area contributed by atoms with E-state index in [-0.39, 0.29) is 46.2 Å². The maximum atomic E-state index is 11.6. The van der Waals surface area contributed by atoms with Gasteiger partial charge in [-0.05, 0) is 103 Å². The molecule has 4 nitrogen and oxygen atoms in total. The molecule has 0 bridgehead atoms. The van der Waals surface area contributed by atoms with Gasteiger partial charge >= 0.3 is 5.97 Å². The Balaban J connectivity index is 1.67. The van der Waals surface area contributed by atoms with Crippen molar-refractivity contribution in [3.8, 4) is 0 Å². The summed E-state index contributed by atoms with van der Waals surface area (Å²) in [6.07, 6.45) is 8.79. The van der Waals surface area contributed by atoms with Gasteiger partial charge in [-0.1, -0.05) is 34.6 Å². The fourth-order valence-electron chi connectivity index (χ4n) is 9.71. The zero-order valence-corrected chi connectivity index (χ0v) is 19.8. The molecule has 3 N–H and O–H groups in total. The number of fused-ring (bicyclic) bond motifs is 5. The van der Waals surface area contributed by atoms with Crippen LogP contribution < -0.4 is 0 Å². The summed E-state index contributed by atoms with van der Waals surface area (Å²) in [7, 11) is 0. The summed E-state index contributed by atoms with van der Waals surface area (Å²) in [5.41, 5.74) is 0.537. The number of aliphatic hydroxyl groups excluding tert-OH is 2. The van der Waals surface area contributed by atoms with Crippen molar-refractivity contribution in [3.05, 3.63) is 0 Å². The standard InChI is InChI=1S/C26H44O4/c1-16(6-7-21(29)30)19-9-11-25(4)22-20(28)15-17-14-18(27)8-10-23(17,2)26(22,5)13-12-24(19,25)3/h16-20,22,27-28H,6-15H2,1-5H3,(H,29,30)/t16-,17+,18-,19-,20-,22+,23+,24-,25+,26+/m1/s1. The third-order valence-electron chi connectivity index (χ3n) is 11.8. The SMILES string of the molecule is C[C@H](CCC(=O)O)[C@H]1CC[C@@]2(C)[C@@H]3[C@H](O)C[C@@H]4C[C@H](O)CC[C@]4(C)[C@@]3(C)CC[C@]12C. The van der Waals surface area contributed by atoms with Gasteiger partial charge in [-0.15, -0.1) is 0 Å². The average molecular weight is 421 g/mol. The van der Waals surface area contributed by atoms with Gasteiger partial charge in [-0.2, -0.15) is 0 Å². The van der Waals surface area contributed by atoms with Crippen LogP contribution in [0.3, 0.4) is 0 Å². The topological polar surface area (TPSA) is 77.8 Å². The zero-order valence-electron chi connectivity index (χ0n) is 19.8. The van der Waals surface area contributed by atoms with Crippen LogP contribution in [-0.4, -0.2) is 33.5 Å². The van der Waals surface area contributed by atoms with Crippen molar-refractivity contribution in [1.29, 1.82) is 0 Å². The summed E-state index contributed by atoms with van der Waals surface area (Å²) in [6.45, 7) is 12.1. The molecule has 30 heavy (non-hydrogen) atoms. The summed E-state index contributed by atoms with van der Waals surface area (Å²) in [5.74, 6) is 0.961. The lowest BCUT2D eigenvalue weighted by molar-refractivity contribution is -0.252. The third-order valence-corrected chi connectivity index (χ3v) is 11.8. The van der Waals surface area contributed by atoms with Gasteiger partial charge in [-0.25, -0.2) is 0 Å². The van der Waals surface area contributed by atoms with Crippen molar-refractivity contribution in [1.82, 2.24) is 0 Å². The summed E-state index contributed by atoms with van der Waals surface area (Å²) >= 11 is 0. The minimum Gasteiger partial charge on any atom is -0.481 e. The number of hydrogen-bond acceptors (Lipinski definition) is 3. The molecule has 4 fully saturated rings. The summed E-state index contributed by atoms with van der Waals surface area (Å²) < 4.78 is 0. The van der Waals surface area contributed by atoms with Gasteiger partial charge in [0, 0.05) is 6.42 Å². The fourth-order valence-corrected chi connectivity index (χ4v) is 9.71. The largest absolute Gasteiger partial charge is 0.481 e. The Labute approximate surface area is 182 Å². The number of carbonyl (C=O) groups is 1. The van der Waals surface area contributed by atoms with E-state index in [4.69, 9.17) is 0 Å². The molecule has 0 aromatic carbocycles. The zero-order chi connectivity index (χ0) is 22.1. The van der Waals surface area contributed by atoms with Crippen LogP contribution in [0.25, 0.3) is 0 Å². The quantitative estimate of drug-likeness (QED) is 0.580. The molecule has 10 atom stereocenters. The normalized spacial score (nSPS) is 54.0. The molecule has 0 heterocycles. The molecule has 0 radical (unpaired) electrons. The predicted molar refractivity (Wildman–Crippen MR) is 118 cm³/mol. The Bertz CT molecular complexity index is 693. The van der Waals surface area contributed by atoms with Crippen LogP contribution in [0.15, 0.2) is 0 Å². The van der Waals surface area contributed by atoms with E-state index in [1.165, 1.54) is 6.42 Å². The molecule has 0 aromatic rings. The molecular weight excluding hydrogens is 376 g/mol. The van der Waals surface area contributed by atoms with Gasteiger partial charge < -0.3 is 15.3 Å². The second-order valence-electron chi connectivity index (χ2n) is 12.6. The van der Waals surface area contributed by atoms with E-state index in [9.17, 15) is 20.1 Å². The number of carboxylic acids is 1. The molecule has 4 aliphatic rings. The molecule has 4 rings (SSSR count). The van der Waals surface area contributed by atoms with Crippen molar-refractivity contribution in [2.75, 3.05) is 0 Å². The van der Waals surface area contributed by atoms with Gasteiger partial charge in [0.15, 0.2) is 0 Å². The lowest BCUT2D eigenvalue weighted by atomic mass is 9.34. The number of rotatable bonds is 4. The smallest absolute Gasteiger partial charge is 0.303 e. The highest BCUT2D eigenvalue weighted by atomic mass is 16.4. The molecule has 0 aromatic heterocycles. The second-order valence-corrected chi connectivity index (χ2v) is 12.6. The van der Waals surface area contributed by atoms with Crippen molar-refractivity contribution in [2.45, 2.75) is 111 Å².